The zero-order valence-electron chi connectivity index (χ0n) is 13.9. The lowest BCUT2D eigenvalue weighted by atomic mass is 9.92. The molecule has 0 heterocycles. The Balaban J connectivity index is 1.92. The summed E-state index contributed by atoms with van der Waals surface area (Å²) in [5.74, 6) is -1.64. The van der Waals surface area contributed by atoms with Crippen molar-refractivity contribution in [2.45, 2.75) is 56.9 Å². The molecule has 4 N–H and O–H groups in total. The summed E-state index contributed by atoms with van der Waals surface area (Å²) >= 11 is 0. The summed E-state index contributed by atoms with van der Waals surface area (Å²) in [5, 5.41) is 5.08. The summed E-state index contributed by atoms with van der Waals surface area (Å²) < 4.78 is 38.2. The smallest absolute Gasteiger partial charge is 0.345 e. The molecule has 2 amide bonds. The highest BCUT2D eigenvalue weighted by Crippen LogP contribution is 2.30. The van der Waals surface area contributed by atoms with Crippen molar-refractivity contribution >= 4 is 11.8 Å². The molecule has 1 atom stereocenters. The Hall–Kier alpha value is -2.09. The molecular weight excluding hydrogens is 335 g/mol. The molecular formula is C17H22F3N3O2. The van der Waals surface area contributed by atoms with E-state index in [9.17, 15) is 22.8 Å². The molecule has 0 spiro atoms. The monoisotopic (exact) mass is 357 g/mol. The fourth-order valence-electron chi connectivity index (χ4n) is 2.84. The Kier molecular flexibility index (Phi) is 6.05. The summed E-state index contributed by atoms with van der Waals surface area (Å²) in [4.78, 5) is 23.9. The van der Waals surface area contributed by atoms with E-state index < -0.39 is 29.6 Å². The predicted octanol–water partition coefficient (Wildman–Crippen LogP) is 2.27. The van der Waals surface area contributed by atoms with E-state index in [0.29, 0.717) is 12.8 Å². The Labute approximate surface area is 144 Å². The zero-order valence-corrected chi connectivity index (χ0v) is 13.9. The van der Waals surface area contributed by atoms with E-state index in [0.717, 1.165) is 25.0 Å². The molecule has 1 aliphatic rings. The van der Waals surface area contributed by atoms with E-state index in [4.69, 9.17) is 5.73 Å². The van der Waals surface area contributed by atoms with Gasteiger partial charge in [-0.3, -0.25) is 9.59 Å². The lowest BCUT2D eigenvalue weighted by Crippen LogP contribution is -2.47. The van der Waals surface area contributed by atoms with Crippen LogP contribution in [0.2, 0.25) is 0 Å². The minimum atomic E-state index is -4.46. The topological polar surface area (TPSA) is 84.2 Å². The first kappa shape index (κ1) is 19.2. The van der Waals surface area contributed by atoms with E-state index in [-0.39, 0.29) is 17.6 Å². The van der Waals surface area contributed by atoms with Gasteiger partial charge < -0.3 is 16.4 Å². The molecule has 1 aromatic rings. The van der Waals surface area contributed by atoms with Crippen LogP contribution in [0, 0.1) is 0 Å². The third kappa shape index (κ3) is 5.45. The fourth-order valence-corrected chi connectivity index (χ4v) is 2.84. The number of carbonyl (C=O) groups excluding carboxylic acids is 2. The van der Waals surface area contributed by atoms with E-state index >= 15 is 0 Å². The number of carbonyl (C=O) groups is 2. The minimum Gasteiger partial charge on any atom is -0.345 e. The van der Waals surface area contributed by atoms with Gasteiger partial charge in [0.05, 0.1) is 11.6 Å². The maximum Gasteiger partial charge on any atom is 0.416 e. The zero-order chi connectivity index (χ0) is 18.6. The third-order valence-corrected chi connectivity index (χ3v) is 4.37. The summed E-state index contributed by atoms with van der Waals surface area (Å²) in [6, 6.07) is 3.97. The Bertz CT molecular complexity index is 626. The molecule has 0 radical (unpaired) electrons. The van der Waals surface area contributed by atoms with Gasteiger partial charge in [-0.05, 0) is 50.3 Å². The standard InChI is InChI=1S/C17H22F3N3O2/c1-10(11-3-2-4-12(9-11)17(18,19)20)22-15(24)16(25)23-14-7-5-13(21)6-8-14/h2-4,9-10,13-14H,5-8,21H2,1H3,(H,22,24)(H,23,25). The number of alkyl halides is 3. The number of hydrogen-bond donors (Lipinski definition) is 3. The molecule has 5 nitrogen and oxygen atoms in total. The molecule has 1 unspecified atom stereocenters. The van der Waals surface area contributed by atoms with Gasteiger partial charge in [0.15, 0.2) is 0 Å². The molecule has 0 bridgehead atoms. The maximum absolute atomic E-state index is 12.7. The van der Waals surface area contributed by atoms with Gasteiger partial charge in [-0.2, -0.15) is 13.2 Å². The van der Waals surface area contributed by atoms with Crippen molar-refractivity contribution in [3.8, 4) is 0 Å². The number of rotatable bonds is 3. The van der Waals surface area contributed by atoms with Gasteiger partial charge in [0.2, 0.25) is 0 Å². The van der Waals surface area contributed by atoms with Crippen LogP contribution in [0.1, 0.15) is 49.8 Å². The van der Waals surface area contributed by atoms with Crippen LogP contribution in [0.4, 0.5) is 13.2 Å². The highest BCUT2D eigenvalue weighted by atomic mass is 19.4. The number of amides is 2. The van der Waals surface area contributed by atoms with Crippen LogP contribution in [-0.4, -0.2) is 23.9 Å². The molecule has 0 saturated heterocycles. The second-order valence-corrected chi connectivity index (χ2v) is 6.40. The van der Waals surface area contributed by atoms with Crippen LogP contribution in [-0.2, 0) is 15.8 Å². The lowest BCUT2D eigenvalue weighted by Gasteiger charge is -2.26. The maximum atomic E-state index is 12.7. The molecule has 1 fully saturated rings. The Morgan fingerprint density at radius 1 is 1.16 bits per heavy atom. The summed E-state index contributed by atoms with van der Waals surface area (Å²) in [6.07, 6.45) is -1.47. The van der Waals surface area contributed by atoms with Crippen molar-refractivity contribution in [2.24, 2.45) is 5.73 Å². The lowest BCUT2D eigenvalue weighted by molar-refractivity contribution is -0.140. The van der Waals surface area contributed by atoms with E-state index in [1.165, 1.54) is 19.1 Å². The average molecular weight is 357 g/mol. The highest BCUT2D eigenvalue weighted by molar-refractivity contribution is 6.35. The van der Waals surface area contributed by atoms with Crippen LogP contribution in [0.3, 0.4) is 0 Å². The van der Waals surface area contributed by atoms with Crippen LogP contribution in [0.5, 0.6) is 0 Å². The van der Waals surface area contributed by atoms with Crippen molar-refractivity contribution in [2.75, 3.05) is 0 Å². The van der Waals surface area contributed by atoms with Gasteiger partial charge in [0.25, 0.3) is 0 Å². The molecule has 1 aromatic carbocycles. The molecule has 2 rings (SSSR count). The van der Waals surface area contributed by atoms with Gasteiger partial charge in [0.1, 0.15) is 0 Å². The number of benzene rings is 1. The van der Waals surface area contributed by atoms with Gasteiger partial charge in [-0.1, -0.05) is 12.1 Å². The number of hydrogen-bond acceptors (Lipinski definition) is 3. The molecule has 1 saturated carbocycles. The first-order valence-corrected chi connectivity index (χ1v) is 8.21. The summed E-state index contributed by atoms with van der Waals surface area (Å²) in [5.41, 5.74) is 5.27. The Morgan fingerprint density at radius 3 is 2.40 bits per heavy atom. The second-order valence-electron chi connectivity index (χ2n) is 6.40. The minimum absolute atomic E-state index is 0.0955. The van der Waals surface area contributed by atoms with Crippen molar-refractivity contribution in [3.05, 3.63) is 35.4 Å². The fraction of sp³-hybridized carbons (Fsp3) is 0.529. The molecule has 1 aliphatic carbocycles. The molecule has 138 valence electrons. The highest BCUT2D eigenvalue weighted by Gasteiger charge is 2.31. The largest absolute Gasteiger partial charge is 0.416 e. The molecule has 0 aliphatic heterocycles. The number of halogens is 3. The van der Waals surface area contributed by atoms with E-state index in [2.05, 4.69) is 10.6 Å². The van der Waals surface area contributed by atoms with Crippen LogP contribution in [0.25, 0.3) is 0 Å². The predicted molar refractivity (Wildman–Crippen MR) is 86.4 cm³/mol. The first-order chi connectivity index (χ1) is 11.7. The summed E-state index contributed by atoms with van der Waals surface area (Å²) in [6.45, 7) is 1.53. The van der Waals surface area contributed by atoms with Gasteiger partial charge >= 0.3 is 18.0 Å². The van der Waals surface area contributed by atoms with Gasteiger partial charge in [0, 0.05) is 12.1 Å². The second kappa shape index (κ2) is 7.86. The summed E-state index contributed by atoms with van der Waals surface area (Å²) in [7, 11) is 0. The number of nitrogens with one attached hydrogen (secondary N) is 2. The van der Waals surface area contributed by atoms with Gasteiger partial charge in [-0.25, -0.2) is 0 Å². The SMILES string of the molecule is CC(NC(=O)C(=O)NC1CCC(N)CC1)c1cccc(C(F)(F)F)c1. The van der Waals surface area contributed by atoms with Crippen molar-refractivity contribution in [1.82, 2.24) is 10.6 Å². The molecule has 0 aromatic heterocycles. The first-order valence-electron chi connectivity index (χ1n) is 8.21. The van der Waals surface area contributed by atoms with Crippen molar-refractivity contribution < 1.29 is 22.8 Å². The van der Waals surface area contributed by atoms with E-state index in [1.807, 2.05) is 0 Å². The molecule has 8 heteroatoms. The van der Waals surface area contributed by atoms with Crippen LogP contribution < -0.4 is 16.4 Å². The Morgan fingerprint density at radius 2 is 1.80 bits per heavy atom. The van der Waals surface area contributed by atoms with Crippen molar-refractivity contribution in [3.63, 3.8) is 0 Å². The number of nitrogens with two attached hydrogens (primary N) is 1. The third-order valence-electron chi connectivity index (χ3n) is 4.37. The normalized spacial score (nSPS) is 22.1. The molecule has 25 heavy (non-hydrogen) atoms. The van der Waals surface area contributed by atoms with Gasteiger partial charge in [-0.15, -0.1) is 0 Å². The van der Waals surface area contributed by atoms with Crippen LogP contribution >= 0.6 is 0 Å². The quantitative estimate of drug-likeness (QED) is 0.726. The average Bonchev–Trinajstić information content (AvgIpc) is 2.56. The van der Waals surface area contributed by atoms with E-state index in [1.54, 1.807) is 0 Å². The van der Waals surface area contributed by atoms with Crippen LogP contribution in [0.15, 0.2) is 24.3 Å². The van der Waals surface area contributed by atoms with Crippen molar-refractivity contribution in [1.29, 1.82) is 0 Å².